The Balaban J connectivity index is 3.70. The maximum atomic E-state index is 11.6. The highest BCUT2D eigenvalue weighted by atomic mass is 32.3. The van der Waals surface area contributed by atoms with Gasteiger partial charge in [0.15, 0.2) is 0 Å². The zero-order valence-corrected chi connectivity index (χ0v) is 12.4. The van der Waals surface area contributed by atoms with Crippen LogP contribution < -0.4 is 8.45 Å². The molecule has 11 heteroatoms. The zero-order chi connectivity index (χ0) is 15.7. The quantitative estimate of drug-likeness (QED) is 0.564. The largest absolute Gasteiger partial charge is 0.496 e. The predicted octanol–water partition coefficient (Wildman–Crippen LogP) is 0.329. The summed E-state index contributed by atoms with van der Waals surface area (Å²) in [5.41, 5.74) is -1.26. The van der Waals surface area contributed by atoms with E-state index in [1.807, 2.05) is 0 Å². The lowest BCUT2D eigenvalue weighted by Gasteiger charge is -2.19. The summed E-state index contributed by atoms with van der Waals surface area (Å²) in [7, 11) is -7.23. The summed E-state index contributed by atoms with van der Waals surface area (Å²) in [6, 6.07) is 3.17. The van der Waals surface area contributed by atoms with Gasteiger partial charge in [-0.1, -0.05) is 0 Å². The number of ether oxygens (including phenoxy) is 1. The Morgan fingerprint density at radius 3 is 2.00 bits per heavy atom. The first-order valence-corrected chi connectivity index (χ1v) is 8.71. The van der Waals surface area contributed by atoms with Gasteiger partial charge in [-0.3, -0.25) is 10.1 Å². The standard InChI is InChI=1S/C9H12N2O7S2/c1-18-7-4-5-8(9(6-7)10(12)13)11(19(2,14)15)20(3,16)17/h4-6H,1-3H3. The molecule has 0 amide bonds. The smallest absolute Gasteiger partial charge is 0.298 e. The molecule has 0 spiro atoms. The number of methoxy groups -OCH3 is 1. The number of sulfonamides is 2. The fourth-order valence-corrected chi connectivity index (χ4v) is 4.52. The van der Waals surface area contributed by atoms with Crippen LogP contribution in [0.25, 0.3) is 0 Å². The molecular formula is C9H12N2O7S2. The molecule has 0 aliphatic rings. The fourth-order valence-electron chi connectivity index (χ4n) is 1.53. The van der Waals surface area contributed by atoms with E-state index >= 15 is 0 Å². The van der Waals surface area contributed by atoms with Crippen molar-refractivity contribution in [2.75, 3.05) is 23.3 Å². The number of nitro groups is 1. The minimum absolute atomic E-state index is 0.0115. The lowest BCUT2D eigenvalue weighted by Crippen LogP contribution is -2.35. The maximum absolute atomic E-state index is 11.6. The van der Waals surface area contributed by atoms with E-state index in [1.165, 1.54) is 13.2 Å². The average molecular weight is 324 g/mol. The lowest BCUT2D eigenvalue weighted by molar-refractivity contribution is -0.384. The number of anilines is 1. The van der Waals surface area contributed by atoms with Gasteiger partial charge in [0, 0.05) is 0 Å². The lowest BCUT2D eigenvalue weighted by atomic mass is 10.2. The van der Waals surface area contributed by atoms with E-state index in [4.69, 9.17) is 4.74 Å². The van der Waals surface area contributed by atoms with Crippen molar-refractivity contribution in [2.24, 2.45) is 0 Å². The van der Waals surface area contributed by atoms with E-state index < -0.39 is 36.3 Å². The number of rotatable bonds is 5. The molecule has 9 nitrogen and oxygen atoms in total. The van der Waals surface area contributed by atoms with E-state index in [0.717, 1.165) is 12.1 Å². The molecule has 0 N–H and O–H groups in total. The van der Waals surface area contributed by atoms with Gasteiger partial charge >= 0.3 is 0 Å². The van der Waals surface area contributed by atoms with Crippen LogP contribution in [0, 0.1) is 10.1 Å². The van der Waals surface area contributed by atoms with E-state index in [-0.39, 0.29) is 9.46 Å². The molecule has 0 aliphatic heterocycles. The first-order valence-electron chi connectivity index (χ1n) is 5.01. The summed E-state index contributed by atoms with van der Waals surface area (Å²) in [5.74, 6) is 0.0994. The van der Waals surface area contributed by atoms with Crippen molar-refractivity contribution in [2.45, 2.75) is 0 Å². The highest BCUT2D eigenvalue weighted by molar-refractivity contribution is 8.09. The SMILES string of the molecule is COc1ccc(N(S(C)(=O)=O)S(C)(=O)=O)c([N+](=O)[O-])c1. The monoisotopic (exact) mass is 324 g/mol. The first-order chi connectivity index (χ1) is 8.98. The molecule has 0 saturated heterocycles. The highest BCUT2D eigenvalue weighted by Gasteiger charge is 2.33. The normalized spacial score (nSPS) is 11.9. The highest BCUT2D eigenvalue weighted by Crippen LogP contribution is 2.34. The summed E-state index contributed by atoms with van der Waals surface area (Å²) in [6.45, 7) is 0. The second-order valence-corrected chi connectivity index (χ2v) is 7.73. The summed E-state index contributed by atoms with van der Waals surface area (Å²) >= 11 is 0. The van der Waals surface area contributed by atoms with Crippen molar-refractivity contribution >= 4 is 31.4 Å². The van der Waals surface area contributed by atoms with Gasteiger partial charge < -0.3 is 4.74 Å². The van der Waals surface area contributed by atoms with Gasteiger partial charge in [-0.05, 0) is 12.1 Å². The van der Waals surface area contributed by atoms with E-state index in [1.54, 1.807) is 0 Å². The van der Waals surface area contributed by atoms with Gasteiger partial charge in [0.1, 0.15) is 11.4 Å². The van der Waals surface area contributed by atoms with Crippen molar-refractivity contribution in [3.05, 3.63) is 28.3 Å². The molecule has 0 heterocycles. The van der Waals surface area contributed by atoms with Crippen LogP contribution in [0.4, 0.5) is 11.4 Å². The Hall–Kier alpha value is -1.88. The number of nitrogens with zero attached hydrogens (tertiary/aromatic N) is 2. The van der Waals surface area contributed by atoms with Gasteiger partial charge in [-0.2, -0.15) is 3.71 Å². The van der Waals surface area contributed by atoms with Crippen molar-refractivity contribution in [1.82, 2.24) is 0 Å². The molecule has 0 atom stereocenters. The topological polar surface area (TPSA) is 124 Å². The third-order valence-electron chi connectivity index (χ3n) is 2.18. The molecule has 0 saturated carbocycles. The second-order valence-electron chi connectivity index (χ2n) is 3.83. The maximum Gasteiger partial charge on any atom is 0.298 e. The molecule has 0 fully saturated rings. The number of nitro benzene ring substituents is 1. The van der Waals surface area contributed by atoms with Crippen LogP contribution in [-0.2, 0) is 20.0 Å². The van der Waals surface area contributed by atoms with Crippen molar-refractivity contribution in [1.29, 1.82) is 0 Å². The molecule has 0 radical (unpaired) electrons. The molecule has 0 aromatic heterocycles. The summed E-state index contributed by atoms with van der Waals surface area (Å²) in [4.78, 5) is 10.1. The van der Waals surface area contributed by atoms with Gasteiger partial charge in [0.25, 0.3) is 5.69 Å². The minimum Gasteiger partial charge on any atom is -0.496 e. The summed E-state index contributed by atoms with van der Waals surface area (Å²) < 4.78 is 51.2. The van der Waals surface area contributed by atoms with E-state index in [9.17, 15) is 26.9 Å². The third kappa shape index (κ3) is 3.36. The fraction of sp³-hybridized carbons (Fsp3) is 0.333. The Kier molecular flexibility index (Phi) is 4.24. The van der Waals surface area contributed by atoms with Crippen LogP contribution in [0.1, 0.15) is 0 Å². The van der Waals surface area contributed by atoms with Crippen LogP contribution in [-0.4, -0.2) is 41.4 Å². The second kappa shape index (κ2) is 5.25. The first kappa shape index (κ1) is 16.2. The molecule has 1 aromatic carbocycles. The number of benzene rings is 1. The van der Waals surface area contributed by atoms with Crippen LogP contribution >= 0.6 is 0 Å². The third-order valence-corrected chi connectivity index (χ3v) is 5.40. The average Bonchev–Trinajstić information content (AvgIpc) is 2.25. The molecule has 1 rings (SSSR count). The molecule has 112 valence electrons. The zero-order valence-electron chi connectivity index (χ0n) is 10.8. The Morgan fingerprint density at radius 1 is 1.15 bits per heavy atom. The van der Waals surface area contributed by atoms with Crippen LogP contribution in [0.15, 0.2) is 18.2 Å². The van der Waals surface area contributed by atoms with Crippen molar-refractivity contribution in [3.63, 3.8) is 0 Å². The predicted molar refractivity (Wildman–Crippen MR) is 71.8 cm³/mol. The molecular weight excluding hydrogens is 312 g/mol. The van der Waals surface area contributed by atoms with Crippen molar-refractivity contribution in [3.8, 4) is 5.75 Å². The summed E-state index contributed by atoms with van der Waals surface area (Å²) in [6.07, 6.45) is 1.28. The minimum atomic E-state index is -4.25. The number of hydrogen-bond donors (Lipinski definition) is 0. The number of hydrogen-bond acceptors (Lipinski definition) is 7. The van der Waals surface area contributed by atoms with Crippen LogP contribution in [0.5, 0.6) is 5.75 Å². The van der Waals surface area contributed by atoms with Gasteiger partial charge in [0.05, 0.1) is 30.6 Å². The molecule has 0 bridgehead atoms. The molecule has 0 aliphatic carbocycles. The van der Waals surface area contributed by atoms with Crippen LogP contribution in [0.3, 0.4) is 0 Å². The molecule has 1 aromatic rings. The molecule has 20 heavy (non-hydrogen) atoms. The van der Waals surface area contributed by atoms with Gasteiger partial charge in [-0.25, -0.2) is 16.8 Å². The van der Waals surface area contributed by atoms with Gasteiger partial charge in [0.2, 0.25) is 20.0 Å². The Labute approximate surface area is 116 Å². The molecule has 0 unspecified atom stereocenters. The summed E-state index contributed by atoms with van der Waals surface area (Å²) in [5, 5.41) is 11.0. The van der Waals surface area contributed by atoms with Crippen molar-refractivity contribution < 1.29 is 26.5 Å². The Morgan fingerprint density at radius 2 is 1.65 bits per heavy atom. The van der Waals surface area contributed by atoms with Crippen LogP contribution in [0.2, 0.25) is 0 Å². The van der Waals surface area contributed by atoms with Gasteiger partial charge in [-0.15, -0.1) is 0 Å². The Bertz CT molecular complexity index is 708. The van der Waals surface area contributed by atoms with E-state index in [0.29, 0.717) is 12.5 Å². The van der Waals surface area contributed by atoms with E-state index in [2.05, 4.69) is 0 Å².